The second kappa shape index (κ2) is 6.69. The number of halogens is 1. The van der Waals surface area contributed by atoms with E-state index in [1.54, 1.807) is 18.3 Å². The molecule has 0 bridgehead atoms. The summed E-state index contributed by atoms with van der Waals surface area (Å²) in [5.41, 5.74) is 3.41. The Morgan fingerprint density at radius 2 is 2.25 bits per heavy atom. The number of hydrogen-bond acceptors (Lipinski definition) is 6. The van der Waals surface area contributed by atoms with Gasteiger partial charge in [-0.3, -0.25) is 16.0 Å². The van der Waals surface area contributed by atoms with Crippen LogP contribution in [-0.2, 0) is 5.75 Å². The average molecular weight is 355 g/mol. The van der Waals surface area contributed by atoms with Gasteiger partial charge in [0.2, 0.25) is 0 Å². The lowest BCUT2D eigenvalue weighted by Crippen LogP contribution is -2.09. The number of nitrogen functional groups attached to an aromatic ring is 1. The Balaban J connectivity index is 2.16. The Hall–Kier alpha value is -1.64. The fourth-order valence-electron chi connectivity index (χ4n) is 1.57. The summed E-state index contributed by atoms with van der Waals surface area (Å²) in [5, 5.41) is 11.8. The quantitative estimate of drug-likeness (QED) is 0.370. The molecule has 0 saturated carbocycles. The van der Waals surface area contributed by atoms with E-state index in [0.29, 0.717) is 11.4 Å². The zero-order valence-corrected chi connectivity index (χ0v) is 12.6. The molecule has 0 aliphatic heterocycles. The van der Waals surface area contributed by atoms with E-state index in [2.05, 4.69) is 26.3 Å². The van der Waals surface area contributed by atoms with E-state index in [0.717, 1.165) is 15.1 Å². The molecule has 1 aromatic carbocycles. The van der Waals surface area contributed by atoms with Crippen LogP contribution in [0.5, 0.6) is 0 Å². The first-order valence-electron chi connectivity index (χ1n) is 5.59. The monoisotopic (exact) mass is 354 g/mol. The molecule has 1 heterocycles. The van der Waals surface area contributed by atoms with Gasteiger partial charge in [0, 0.05) is 22.5 Å². The maximum atomic E-state index is 10.9. The number of benzene rings is 1. The van der Waals surface area contributed by atoms with Crippen molar-refractivity contribution in [1.29, 1.82) is 0 Å². The van der Waals surface area contributed by atoms with Crippen LogP contribution in [0.15, 0.2) is 46.0 Å². The van der Waals surface area contributed by atoms with Crippen LogP contribution in [0.4, 0.5) is 11.4 Å². The summed E-state index contributed by atoms with van der Waals surface area (Å²) in [7, 11) is 0. The van der Waals surface area contributed by atoms with Gasteiger partial charge < -0.3 is 5.43 Å². The van der Waals surface area contributed by atoms with Crippen molar-refractivity contribution in [2.45, 2.75) is 10.8 Å². The first kappa shape index (κ1) is 14.8. The van der Waals surface area contributed by atoms with Crippen molar-refractivity contribution < 1.29 is 4.92 Å². The topological polar surface area (TPSA) is 94.1 Å². The molecule has 0 aliphatic rings. The number of nitro groups is 1. The number of hydrogen-bond donors (Lipinski definition) is 2. The molecule has 6 nitrogen and oxygen atoms in total. The third kappa shape index (κ3) is 3.47. The van der Waals surface area contributed by atoms with E-state index in [-0.39, 0.29) is 5.69 Å². The van der Waals surface area contributed by atoms with Crippen molar-refractivity contribution in [3.63, 3.8) is 0 Å². The first-order chi connectivity index (χ1) is 9.61. The Morgan fingerprint density at radius 3 is 2.90 bits per heavy atom. The third-order valence-electron chi connectivity index (χ3n) is 2.51. The lowest BCUT2D eigenvalue weighted by atomic mass is 10.2. The van der Waals surface area contributed by atoms with E-state index in [9.17, 15) is 10.1 Å². The van der Waals surface area contributed by atoms with Crippen LogP contribution >= 0.6 is 27.7 Å². The molecule has 2 aromatic rings. The normalized spacial score (nSPS) is 10.3. The van der Waals surface area contributed by atoms with Crippen LogP contribution in [0.2, 0.25) is 0 Å². The summed E-state index contributed by atoms with van der Waals surface area (Å²) in [5.74, 6) is 5.83. The van der Waals surface area contributed by atoms with Crippen molar-refractivity contribution in [2.24, 2.45) is 5.84 Å². The SMILES string of the molecule is NNc1ccc(CSc2ncccc2Br)cc1[N+](=O)[O-]. The minimum atomic E-state index is -0.458. The molecular formula is C12H11BrN4O2S. The number of pyridine rings is 1. The fraction of sp³-hybridized carbons (Fsp3) is 0.0833. The van der Waals surface area contributed by atoms with Gasteiger partial charge in [0.1, 0.15) is 10.7 Å². The van der Waals surface area contributed by atoms with Gasteiger partial charge >= 0.3 is 0 Å². The Kier molecular flexibility index (Phi) is 4.94. The molecule has 20 heavy (non-hydrogen) atoms. The van der Waals surface area contributed by atoms with Crippen LogP contribution in [0.3, 0.4) is 0 Å². The summed E-state index contributed by atoms with van der Waals surface area (Å²) in [4.78, 5) is 14.7. The number of rotatable bonds is 5. The minimum absolute atomic E-state index is 0.0364. The largest absolute Gasteiger partial charge is 0.318 e. The van der Waals surface area contributed by atoms with Crippen LogP contribution < -0.4 is 11.3 Å². The van der Waals surface area contributed by atoms with E-state index in [4.69, 9.17) is 5.84 Å². The highest BCUT2D eigenvalue weighted by Gasteiger charge is 2.14. The number of aromatic nitrogens is 1. The predicted molar refractivity (Wildman–Crippen MR) is 82.4 cm³/mol. The lowest BCUT2D eigenvalue weighted by Gasteiger charge is -2.06. The smallest absolute Gasteiger partial charge is 0.293 e. The standard InChI is InChI=1S/C12H11BrN4O2S/c13-9-2-1-5-15-12(9)20-7-8-3-4-10(16-14)11(6-8)17(18)19/h1-6,16H,7,14H2. The highest BCUT2D eigenvalue weighted by molar-refractivity contribution is 9.10. The molecule has 3 N–H and O–H groups in total. The van der Waals surface area contributed by atoms with Gasteiger partial charge in [-0.25, -0.2) is 4.98 Å². The van der Waals surface area contributed by atoms with Gasteiger partial charge in [-0.2, -0.15) is 0 Å². The van der Waals surface area contributed by atoms with E-state index in [1.807, 2.05) is 12.1 Å². The zero-order chi connectivity index (χ0) is 14.5. The second-order valence-electron chi connectivity index (χ2n) is 3.83. The number of anilines is 1. The molecule has 104 valence electrons. The average Bonchev–Trinajstić information content (AvgIpc) is 2.46. The predicted octanol–water partition coefficient (Wildman–Crippen LogP) is 3.33. The van der Waals surface area contributed by atoms with Gasteiger partial charge in [-0.1, -0.05) is 6.07 Å². The van der Waals surface area contributed by atoms with Gasteiger partial charge in [0.05, 0.1) is 4.92 Å². The maximum absolute atomic E-state index is 10.9. The van der Waals surface area contributed by atoms with Crippen molar-refractivity contribution in [1.82, 2.24) is 4.98 Å². The molecule has 0 spiro atoms. The van der Waals surface area contributed by atoms with Gasteiger partial charge in [-0.15, -0.1) is 11.8 Å². The maximum Gasteiger partial charge on any atom is 0.293 e. The van der Waals surface area contributed by atoms with Gasteiger partial charge in [0.15, 0.2) is 0 Å². The number of nitrogens with zero attached hydrogens (tertiary/aromatic N) is 2. The van der Waals surface area contributed by atoms with E-state index < -0.39 is 4.92 Å². The number of thioether (sulfide) groups is 1. The molecule has 0 aliphatic carbocycles. The van der Waals surface area contributed by atoms with Gasteiger partial charge in [0.25, 0.3) is 5.69 Å². The fourth-order valence-corrected chi connectivity index (χ4v) is 2.99. The molecule has 0 fully saturated rings. The second-order valence-corrected chi connectivity index (χ2v) is 5.65. The number of nitro benzene ring substituents is 1. The van der Waals surface area contributed by atoms with E-state index >= 15 is 0 Å². The molecule has 0 unspecified atom stereocenters. The molecule has 8 heteroatoms. The summed E-state index contributed by atoms with van der Waals surface area (Å²) < 4.78 is 0.903. The van der Waals surface area contributed by atoms with Crippen LogP contribution in [0, 0.1) is 10.1 Å². The highest BCUT2D eigenvalue weighted by atomic mass is 79.9. The highest BCUT2D eigenvalue weighted by Crippen LogP contribution is 2.30. The van der Waals surface area contributed by atoms with Crippen molar-refractivity contribution >= 4 is 39.1 Å². The number of nitrogens with two attached hydrogens (primary N) is 1. The zero-order valence-electron chi connectivity index (χ0n) is 10.2. The summed E-state index contributed by atoms with van der Waals surface area (Å²) >= 11 is 4.91. The third-order valence-corrected chi connectivity index (χ3v) is 4.49. The minimum Gasteiger partial charge on any atom is -0.318 e. The van der Waals surface area contributed by atoms with Crippen molar-refractivity contribution in [2.75, 3.05) is 5.43 Å². The Morgan fingerprint density at radius 1 is 1.45 bits per heavy atom. The Labute approximate surface area is 128 Å². The molecule has 0 atom stereocenters. The van der Waals surface area contributed by atoms with Crippen LogP contribution in [0.25, 0.3) is 0 Å². The number of nitrogens with one attached hydrogen (secondary N) is 1. The van der Waals surface area contributed by atoms with Gasteiger partial charge in [-0.05, 0) is 39.7 Å². The van der Waals surface area contributed by atoms with Crippen LogP contribution in [0.1, 0.15) is 5.56 Å². The Bertz CT molecular complexity index is 639. The molecule has 2 rings (SSSR count). The molecular weight excluding hydrogens is 344 g/mol. The summed E-state index contributed by atoms with van der Waals surface area (Å²) in [6.07, 6.45) is 1.71. The summed E-state index contributed by atoms with van der Waals surface area (Å²) in [6.45, 7) is 0. The lowest BCUT2D eigenvalue weighted by molar-refractivity contribution is -0.384. The van der Waals surface area contributed by atoms with Crippen molar-refractivity contribution in [3.8, 4) is 0 Å². The molecule has 0 amide bonds. The van der Waals surface area contributed by atoms with E-state index in [1.165, 1.54) is 17.8 Å². The number of hydrazine groups is 1. The molecule has 0 radical (unpaired) electrons. The molecule has 0 saturated heterocycles. The molecule has 1 aromatic heterocycles. The van der Waals surface area contributed by atoms with Crippen LogP contribution in [-0.4, -0.2) is 9.91 Å². The first-order valence-corrected chi connectivity index (χ1v) is 7.37. The summed E-state index contributed by atoms with van der Waals surface area (Å²) in [6, 6.07) is 8.65. The van der Waals surface area contributed by atoms with Crippen molar-refractivity contribution in [3.05, 3.63) is 56.7 Å².